The summed E-state index contributed by atoms with van der Waals surface area (Å²) in [6.07, 6.45) is -1.33. The van der Waals surface area contributed by atoms with Gasteiger partial charge in [-0.2, -0.15) is 0 Å². The molecule has 37 heavy (non-hydrogen) atoms. The van der Waals surface area contributed by atoms with Crippen LogP contribution in [0.2, 0.25) is 0 Å². The SMILES string of the molecule is Cc1oc(=O)oc1C(=O)OCOC(=O)N[C@@H](C(=O)O)C(C)(C)SC(=O)OCOC(=O)c1oc(=O)oc1C. The van der Waals surface area contributed by atoms with Crippen molar-refractivity contribution in [1.82, 2.24) is 5.32 Å². The van der Waals surface area contributed by atoms with Gasteiger partial charge in [0.2, 0.25) is 13.6 Å². The van der Waals surface area contributed by atoms with Crippen LogP contribution >= 0.6 is 11.8 Å². The van der Waals surface area contributed by atoms with Gasteiger partial charge in [0.05, 0.1) is 4.75 Å². The summed E-state index contributed by atoms with van der Waals surface area (Å²) in [5.74, 6) is -7.59. The maximum absolute atomic E-state index is 12.1. The molecule has 0 radical (unpaired) electrons. The lowest BCUT2D eigenvalue weighted by Crippen LogP contribution is -2.53. The van der Waals surface area contributed by atoms with Gasteiger partial charge < -0.3 is 47.0 Å². The highest BCUT2D eigenvalue weighted by atomic mass is 32.2. The molecule has 0 aliphatic rings. The molecule has 0 bridgehead atoms. The molecule has 0 saturated carbocycles. The molecule has 17 nitrogen and oxygen atoms in total. The number of alkyl carbamates (subject to hydrolysis) is 1. The summed E-state index contributed by atoms with van der Waals surface area (Å²) >= 11 is 0.332. The average Bonchev–Trinajstić information content (AvgIpc) is 3.30. The molecule has 2 aromatic rings. The summed E-state index contributed by atoms with van der Waals surface area (Å²) in [4.78, 5) is 81.2. The molecule has 2 N–H and O–H groups in total. The number of esters is 2. The Morgan fingerprint density at radius 3 is 1.70 bits per heavy atom. The van der Waals surface area contributed by atoms with E-state index in [1.54, 1.807) is 0 Å². The van der Waals surface area contributed by atoms with Gasteiger partial charge in [-0.25, -0.2) is 33.6 Å². The van der Waals surface area contributed by atoms with E-state index in [1.807, 2.05) is 5.32 Å². The Bertz CT molecular complexity index is 1290. The number of carbonyl (C=O) groups is 5. The minimum atomic E-state index is -1.73. The van der Waals surface area contributed by atoms with E-state index in [0.717, 1.165) is 0 Å². The first kappa shape index (κ1) is 28.8. The molecule has 0 saturated heterocycles. The first-order valence-corrected chi connectivity index (χ1v) is 10.6. The molecule has 0 aliphatic carbocycles. The lowest BCUT2D eigenvalue weighted by molar-refractivity contribution is -0.140. The summed E-state index contributed by atoms with van der Waals surface area (Å²) in [6.45, 7) is 3.17. The number of hydrogen-bond donors (Lipinski definition) is 2. The van der Waals surface area contributed by atoms with Crippen LogP contribution in [-0.4, -0.2) is 58.8 Å². The average molecular weight is 549 g/mol. The third-order valence-electron chi connectivity index (χ3n) is 4.15. The number of amides is 1. The van der Waals surface area contributed by atoms with Gasteiger partial charge in [-0.3, -0.25) is 0 Å². The summed E-state index contributed by atoms with van der Waals surface area (Å²) in [6, 6.07) is -1.73. The van der Waals surface area contributed by atoms with Gasteiger partial charge in [0, 0.05) is 0 Å². The highest BCUT2D eigenvalue weighted by Gasteiger charge is 2.40. The second-order valence-electron chi connectivity index (χ2n) is 7.23. The lowest BCUT2D eigenvalue weighted by Gasteiger charge is -2.29. The minimum Gasteiger partial charge on any atom is -0.480 e. The standard InChI is InChI=1S/C19H19NO16S/c1-7-9(35-16(26)33-7)13(23)29-5-31-15(25)20-11(12(21)22)19(3,4)37-18(28)32-6-30-14(24)10-8(2)34-17(27)36-10/h11H,5-6H2,1-4H3,(H,20,25)(H,21,22)/t11-/m0/s1. The number of thioether (sulfide) groups is 1. The van der Waals surface area contributed by atoms with Crippen molar-refractivity contribution >= 4 is 41.1 Å². The van der Waals surface area contributed by atoms with E-state index >= 15 is 0 Å². The number of carboxylic acids is 1. The number of carbonyl (C=O) groups excluding carboxylic acids is 4. The lowest BCUT2D eigenvalue weighted by atomic mass is 10.0. The molecular weight excluding hydrogens is 530 g/mol. The Morgan fingerprint density at radius 2 is 1.30 bits per heavy atom. The van der Waals surface area contributed by atoms with Crippen LogP contribution < -0.4 is 17.0 Å². The van der Waals surface area contributed by atoms with Crippen molar-refractivity contribution in [2.24, 2.45) is 0 Å². The van der Waals surface area contributed by atoms with Crippen LogP contribution in [0.25, 0.3) is 0 Å². The number of aryl methyl sites for hydroxylation is 2. The molecule has 1 amide bonds. The van der Waals surface area contributed by atoms with Crippen molar-refractivity contribution in [2.75, 3.05) is 13.6 Å². The summed E-state index contributed by atoms with van der Waals surface area (Å²) < 4.78 is 34.8. The Labute approximate surface area is 208 Å². The number of carboxylic acid groups (broad SMARTS) is 1. The molecule has 2 heterocycles. The van der Waals surface area contributed by atoms with E-state index in [-0.39, 0.29) is 11.5 Å². The van der Waals surface area contributed by atoms with Crippen molar-refractivity contribution in [3.8, 4) is 0 Å². The first-order chi connectivity index (χ1) is 17.2. The van der Waals surface area contributed by atoms with Crippen molar-refractivity contribution in [3.63, 3.8) is 0 Å². The topological polar surface area (TPSA) is 241 Å². The molecule has 18 heteroatoms. The number of ether oxygens (including phenoxy) is 4. The summed E-state index contributed by atoms with van der Waals surface area (Å²) in [7, 11) is 0. The molecule has 202 valence electrons. The van der Waals surface area contributed by atoms with E-state index in [0.29, 0.717) is 11.8 Å². The van der Waals surface area contributed by atoms with Crippen molar-refractivity contribution < 1.29 is 65.7 Å². The Balaban J connectivity index is 1.84. The van der Waals surface area contributed by atoms with Crippen molar-refractivity contribution in [3.05, 3.63) is 44.3 Å². The third-order valence-corrected chi connectivity index (χ3v) is 5.20. The van der Waals surface area contributed by atoms with Gasteiger partial charge in [-0.05, 0) is 39.5 Å². The van der Waals surface area contributed by atoms with Crippen molar-refractivity contribution in [2.45, 2.75) is 38.5 Å². The van der Waals surface area contributed by atoms with Crippen molar-refractivity contribution in [1.29, 1.82) is 0 Å². The zero-order valence-corrected chi connectivity index (χ0v) is 20.3. The van der Waals surface area contributed by atoms with Gasteiger partial charge in [0.15, 0.2) is 11.5 Å². The molecule has 0 unspecified atom stereocenters. The third kappa shape index (κ3) is 8.02. The fourth-order valence-corrected chi connectivity index (χ4v) is 3.27. The van der Waals surface area contributed by atoms with Crippen LogP contribution in [0.1, 0.15) is 46.5 Å². The quantitative estimate of drug-likeness (QED) is 0.312. The van der Waals surface area contributed by atoms with Gasteiger partial charge >= 0.3 is 40.9 Å². The number of aliphatic carboxylic acids is 1. The highest BCUT2D eigenvalue weighted by molar-refractivity contribution is 8.14. The molecule has 1 atom stereocenters. The largest absolute Gasteiger partial charge is 0.519 e. The fourth-order valence-electron chi connectivity index (χ4n) is 2.46. The molecule has 0 aliphatic heterocycles. The maximum atomic E-state index is 12.1. The van der Waals surface area contributed by atoms with Gasteiger partial charge in [-0.1, -0.05) is 0 Å². The second-order valence-corrected chi connectivity index (χ2v) is 8.82. The predicted octanol–water partition coefficient (Wildman–Crippen LogP) is 1.15. The molecule has 0 aromatic carbocycles. The van der Waals surface area contributed by atoms with Gasteiger partial charge in [0.1, 0.15) is 6.04 Å². The van der Waals surface area contributed by atoms with E-state index in [1.165, 1.54) is 27.7 Å². The number of hydrogen-bond acceptors (Lipinski definition) is 16. The Hall–Kier alpha value is -4.48. The molecule has 0 fully saturated rings. The Morgan fingerprint density at radius 1 is 0.838 bits per heavy atom. The monoisotopic (exact) mass is 549 g/mol. The maximum Gasteiger partial charge on any atom is 0.519 e. The predicted molar refractivity (Wildman–Crippen MR) is 114 cm³/mol. The van der Waals surface area contributed by atoms with Crippen LogP contribution in [0.5, 0.6) is 0 Å². The zero-order valence-electron chi connectivity index (χ0n) is 19.5. The second kappa shape index (κ2) is 12.0. The normalized spacial score (nSPS) is 11.8. The van der Waals surface area contributed by atoms with Crippen LogP contribution in [-0.2, 0) is 23.7 Å². The van der Waals surface area contributed by atoms with Crippen LogP contribution in [0.4, 0.5) is 9.59 Å². The molecule has 2 aromatic heterocycles. The number of nitrogens with one attached hydrogen (secondary N) is 1. The minimum absolute atomic E-state index is 0.156. The summed E-state index contributed by atoms with van der Waals surface area (Å²) in [5, 5.41) is 10.4. The van der Waals surface area contributed by atoms with Gasteiger partial charge in [-0.15, -0.1) is 0 Å². The van der Waals surface area contributed by atoms with Crippen LogP contribution in [0, 0.1) is 13.8 Å². The molecule has 0 spiro atoms. The van der Waals surface area contributed by atoms with E-state index in [2.05, 4.69) is 31.9 Å². The smallest absolute Gasteiger partial charge is 0.480 e. The van der Waals surface area contributed by atoms with Gasteiger partial charge in [0.25, 0.3) is 11.5 Å². The van der Waals surface area contributed by atoms with E-state index in [9.17, 15) is 38.7 Å². The Kier molecular flexibility index (Phi) is 9.30. The molecular formula is C19H19NO16S. The van der Waals surface area contributed by atoms with Crippen LogP contribution in [0.3, 0.4) is 0 Å². The zero-order chi connectivity index (χ0) is 27.9. The molecule has 2 rings (SSSR count). The number of rotatable bonds is 10. The van der Waals surface area contributed by atoms with Crippen LogP contribution in [0.15, 0.2) is 27.3 Å². The summed E-state index contributed by atoms with van der Waals surface area (Å²) in [5.41, 5.74) is 0. The fraction of sp³-hybridized carbons (Fsp3) is 0.421. The van der Waals surface area contributed by atoms with E-state index < -0.39 is 76.8 Å². The first-order valence-electron chi connectivity index (χ1n) is 9.78. The van der Waals surface area contributed by atoms with E-state index in [4.69, 9.17) is 4.74 Å². The highest BCUT2D eigenvalue weighted by Crippen LogP contribution is 2.30.